The molecule has 0 radical (unpaired) electrons. The largest absolute Gasteiger partial charge is 0.384 e. The summed E-state index contributed by atoms with van der Waals surface area (Å²) in [5.41, 5.74) is 0.397. The monoisotopic (exact) mass is 279 g/mol. The third kappa shape index (κ3) is 4.78. The number of carbonyl (C=O) groups excluding carboxylic acids is 1. The number of carbonyl (C=O) groups is 1. The van der Waals surface area contributed by atoms with Crippen molar-refractivity contribution in [2.75, 3.05) is 6.54 Å². The molecule has 1 atom stereocenters. The van der Waals surface area contributed by atoms with Gasteiger partial charge in [0.25, 0.3) is 0 Å². The molecule has 0 heterocycles. The summed E-state index contributed by atoms with van der Waals surface area (Å²) in [7, 11) is 0. The summed E-state index contributed by atoms with van der Waals surface area (Å²) in [4.78, 5) is 11.7. The molecule has 0 fully saturated rings. The molecule has 0 saturated carbocycles. The maximum absolute atomic E-state index is 12.9. The molecule has 1 unspecified atom stereocenters. The van der Waals surface area contributed by atoms with E-state index in [1.807, 2.05) is 13.8 Å². The lowest BCUT2D eigenvalue weighted by Crippen LogP contribution is -2.38. The zero-order valence-electron chi connectivity index (χ0n) is 12.2. The third-order valence-corrected chi connectivity index (χ3v) is 3.32. The second-order valence-corrected chi connectivity index (χ2v) is 5.01. The van der Waals surface area contributed by atoms with E-state index in [1.54, 1.807) is 13.0 Å². The molecule has 0 aliphatic heterocycles. The van der Waals surface area contributed by atoms with E-state index < -0.39 is 5.60 Å². The van der Waals surface area contributed by atoms with Gasteiger partial charge in [0.05, 0.1) is 6.54 Å². The molecule has 110 valence electrons. The average Bonchev–Trinajstić information content (AvgIpc) is 2.43. The van der Waals surface area contributed by atoms with Crippen LogP contribution in [-0.2, 0) is 10.4 Å². The van der Waals surface area contributed by atoms with Crippen molar-refractivity contribution in [1.82, 2.24) is 5.32 Å². The Balaban J connectivity index is 2.66. The summed E-state index contributed by atoms with van der Waals surface area (Å²) >= 11 is 0. The normalized spacial score (nSPS) is 13.4. The predicted octanol–water partition coefficient (Wildman–Crippen LogP) is 2.90. The van der Waals surface area contributed by atoms with Crippen LogP contribution in [0, 0.1) is 5.82 Å². The van der Waals surface area contributed by atoms with Gasteiger partial charge in [0, 0.05) is 6.08 Å². The van der Waals surface area contributed by atoms with Crippen LogP contribution in [-0.4, -0.2) is 17.6 Å². The van der Waals surface area contributed by atoms with Crippen molar-refractivity contribution < 1.29 is 14.3 Å². The molecular formula is C16H22FNO2. The van der Waals surface area contributed by atoms with Crippen molar-refractivity contribution >= 4 is 5.91 Å². The van der Waals surface area contributed by atoms with E-state index in [2.05, 4.69) is 5.32 Å². The highest BCUT2D eigenvalue weighted by Gasteiger charge is 2.23. The van der Waals surface area contributed by atoms with E-state index in [-0.39, 0.29) is 18.3 Å². The maximum atomic E-state index is 12.9. The second kappa shape index (κ2) is 7.20. The van der Waals surface area contributed by atoms with Gasteiger partial charge in [0.15, 0.2) is 0 Å². The van der Waals surface area contributed by atoms with Gasteiger partial charge in [0.2, 0.25) is 5.91 Å². The summed E-state index contributed by atoms with van der Waals surface area (Å²) in [5.74, 6) is -0.571. The van der Waals surface area contributed by atoms with Gasteiger partial charge in [-0.25, -0.2) is 4.39 Å². The van der Waals surface area contributed by atoms with Crippen molar-refractivity contribution in [2.24, 2.45) is 0 Å². The molecule has 0 bridgehead atoms. The van der Waals surface area contributed by atoms with E-state index in [9.17, 15) is 14.3 Å². The molecule has 1 aromatic carbocycles. The minimum Gasteiger partial charge on any atom is -0.384 e. The quantitative estimate of drug-likeness (QED) is 0.787. The Labute approximate surface area is 119 Å². The van der Waals surface area contributed by atoms with Crippen LogP contribution in [0.25, 0.3) is 0 Å². The van der Waals surface area contributed by atoms with Crippen LogP contribution in [0.4, 0.5) is 4.39 Å². The van der Waals surface area contributed by atoms with Gasteiger partial charge in [0.1, 0.15) is 11.4 Å². The summed E-state index contributed by atoms with van der Waals surface area (Å²) < 4.78 is 12.9. The molecule has 4 heteroatoms. The first-order chi connectivity index (χ1) is 9.39. The standard InChI is InChI=1S/C16H22FNO2/c1-4-12(5-2)10-15(19)18-11-16(3,20)13-6-8-14(17)9-7-13/h6-10,20H,4-5,11H2,1-3H3,(H,18,19). The fourth-order valence-electron chi connectivity index (χ4n) is 1.86. The molecule has 0 aromatic heterocycles. The summed E-state index contributed by atoms with van der Waals surface area (Å²) in [6, 6.07) is 5.61. The summed E-state index contributed by atoms with van der Waals surface area (Å²) in [5, 5.41) is 13.0. The maximum Gasteiger partial charge on any atom is 0.244 e. The van der Waals surface area contributed by atoms with E-state index in [4.69, 9.17) is 0 Å². The van der Waals surface area contributed by atoms with Crippen molar-refractivity contribution in [1.29, 1.82) is 0 Å². The SMILES string of the molecule is CCC(=CC(=O)NCC(C)(O)c1ccc(F)cc1)CC. The Morgan fingerprint density at radius 3 is 2.35 bits per heavy atom. The lowest BCUT2D eigenvalue weighted by atomic mass is 9.96. The lowest BCUT2D eigenvalue weighted by Gasteiger charge is -2.24. The second-order valence-electron chi connectivity index (χ2n) is 5.01. The highest BCUT2D eigenvalue weighted by Crippen LogP contribution is 2.19. The Bertz CT molecular complexity index is 472. The van der Waals surface area contributed by atoms with Gasteiger partial charge in [-0.15, -0.1) is 0 Å². The number of hydrogen-bond donors (Lipinski definition) is 2. The number of nitrogens with one attached hydrogen (secondary N) is 1. The van der Waals surface area contributed by atoms with Crippen LogP contribution in [0.3, 0.4) is 0 Å². The van der Waals surface area contributed by atoms with Crippen LogP contribution < -0.4 is 5.32 Å². The minimum atomic E-state index is -1.23. The minimum absolute atomic E-state index is 0.0780. The van der Waals surface area contributed by atoms with Crippen molar-refractivity contribution in [3.05, 3.63) is 47.3 Å². The van der Waals surface area contributed by atoms with Crippen molar-refractivity contribution in [3.63, 3.8) is 0 Å². The zero-order valence-corrected chi connectivity index (χ0v) is 12.2. The Hall–Kier alpha value is -1.68. The average molecular weight is 279 g/mol. The molecule has 1 amide bonds. The Kier molecular flexibility index (Phi) is 5.89. The van der Waals surface area contributed by atoms with Crippen LogP contribution in [0.2, 0.25) is 0 Å². The van der Waals surface area contributed by atoms with Crippen LogP contribution in [0.5, 0.6) is 0 Å². The Morgan fingerprint density at radius 2 is 1.85 bits per heavy atom. The summed E-state index contributed by atoms with van der Waals surface area (Å²) in [6.45, 7) is 5.66. The highest BCUT2D eigenvalue weighted by atomic mass is 19.1. The number of allylic oxidation sites excluding steroid dienone is 1. The molecule has 0 aliphatic rings. The first kappa shape index (κ1) is 16.4. The zero-order chi connectivity index (χ0) is 15.2. The number of halogens is 1. The number of rotatable bonds is 6. The Morgan fingerprint density at radius 1 is 1.30 bits per heavy atom. The molecule has 20 heavy (non-hydrogen) atoms. The highest BCUT2D eigenvalue weighted by molar-refractivity contribution is 5.88. The van der Waals surface area contributed by atoms with Gasteiger partial charge in [-0.05, 0) is 37.5 Å². The first-order valence-electron chi connectivity index (χ1n) is 6.84. The van der Waals surface area contributed by atoms with E-state index in [0.29, 0.717) is 5.56 Å². The van der Waals surface area contributed by atoms with Gasteiger partial charge in [-0.1, -0.05) is 31.6 Å². The topological polar surface area (TPSA) is 49.3 Å². The van der Waals surface area contributed by atoms with Crippen molar-refractivity contribution in [3.8, 4) is 0 Å². The number of aliphatic hydroxyl groups is 1. The summed E-state index contributed by atoms with van der Waals surface area (Å²) in [6.07, 6.45) is 3.23. The molecule has 0 aliphatic carbocycles. The van der Waals surface area contributed by atoms with Crippen LogP contribution in [0.1, 0.15) is 39.2 Å². The number of hydrogen-bond acceptors (Lipinski definition) is 2. The molecule has 1 rings (SSSR count). The number of amides is 1. The van der Waals surface area contributed by atoms with Gasteiger partial charge in [-0.3, -0.25) is 4.79 Å². The predicted molar refractivity (Wildman–Crippen MR) is 77.6 cm³/mol. The molecule has 1 aromatic rings. The lowest BCUT2D eigenvalue weighted by molar-refractivity contribution is -0.117. The number of benzene rings is 1. The smallest absolute Gasteiger partial charge is 0.244 e. The molecule has 3 nitrogen and oxygen atoms in total. The first-order valence-corrected chi connectivity index (χ1v) is 6.84. The van der Waals surface area contributed by atoms with Crippen molar-refractivity contribution in [2.45, 2.75) is 39.2 Å². The fourth-order valence-corrected chi connectivity index (χ4v) is 1.86. The van der Waals surface area contributed by atoms with Gasteiger partial charge < -0.3 is 10.4 Å². The van der Waals surface area contributed by atoms with Crippen LogP contribution in [0.15, 0.2) is 35.9 Å². The van der Waals surface area contributed by atoms with Crippen LogP contribution >= 0.6 is 0 Å². The molecule has 2 N–H and O–H groups in total. The van der Waals surface area contributed by atoms with E-state index in [0.717, 1.165) is 18.4 Å². The fraction of sp³-hybridized carbons (Fsp3) is 0.438. The van der Waals surface area contributed by atoms with E-state index in [1.165, 1.54) is 24.3 Å². The van der Waals surface area contributed by atoms with Gasteiger partial charge in [-0.2, -0.15) is 0 Å². The van der Waals surface area contributed by atoms with Gasteiger partial charge >= 0.3 is 0 Å². The molecule has 0 spiro atoms. The third-order valence-electron chi connectivity index (χ3n) is 3.32. The molecular weight excluding hydrogens is 257 g/mol. The van der Waals surface area contributed by atoms with E-state index >= 15 is 0 Å². The molecule has 0 saturated heterocycles.